The van der Waals surface area contributed by atoms with E-state index in [0.717, 1.165) is 13.0 Å². The summed E-state index contributed by atoms with van der Waals surface area (Å²) in [6.07, 6.45) is 1.45. The zero-order chi connectivity index (χ0) is 19.0. The van der Waals surface area contributed by atoms with Crippen molar-refractivity contribution in [3.05, 3.63) is 36.0 Å². The van der Waals surface area contributed by atoms with Crippen LogP contribution in [0, 0.1) is 17.7 Å². The number of piperidine rings is 1. The number of fused-ring (bicyclic) bond motifs is 1. The molecule has 4 rings (SSSR count). The molecule has 2 fully saturated rings. The van der Waals surface area contributed by atoms with Crippen molar-refractivity contribution in [3.63, 3.8) is 0 Å². The number of carbonyl (C=O) groups excluding carboxylic acids is 2. The van der Waals surface area contributed by atoms with Crippen molar-refractivity contribution in [2.45, 2.75) is 19.3 Å². The molecule has 2 aromatic rings. The Hall–Kier alpha value is -2.77. The molecule has 2 atom stereocenters. The number of aryl methyl sites for hydroxylation is 1. The topological polar surface area (TPSA) is 79.5 Å². The van der Waals surface area contributed by atoms with Gasteiger partial charge in [-0.2, -0.15) is 4.98 Å². The van der Waals surface area contributed by atoms with Gasteiger partial charge in [-0.1, -0.05) is 17.3 Å². The summed E-state index contributed by atoms with van der Waals surface area (Å²) < 4.78 is 18.9. The Bertz CT molecular complexity index is 868. The maximum atomic E-state index is 13.8. The maximum absolute atomic E-state index is 13.8. The highest BCUT2D eigenvalue weighted by Gasteiger charge is 2.43. The van der Waals surface area contributed by atoms with E-state index in [9.17, 15) is 14.0 Å². The van der Waals surface area contributed by atoms with Gasteiger partial charge in [-0.25, -0.2) is 4.39 Å². The van der Waals surface area contributed by atoms with Crippen molar-refractivity contribution in [2.24, 2.45) is 11.8 Å². The van der Waals surface area contributed by atoms with Crippen LogP contribution >= 0.6 is 0 Å². The standard InChI is InChI=1S/C19H21FN4O3/c1-23-9-8-12-10-24(11-14(12)19(23)26)17(25)7-6-16-21-18(22-27-16)13-4-2-3-5-15(13)20/h2-5,12,14H,6-11H2,1H3/t12-,14+/m1/s1. The number of amides is 2. The number of hydrogen-bond acceptors (Lipinski definition) is 5. The molecule has 142 valence electrons. The number of carbonyl (C=O) groups is 2. The number of rotatable bonds is 4. The van der Waals surface area contributed by atoms with Gasteiger partial charge in [0.25, 0.3) is 0 Å². The van der Waals surface area contributed by atoms with Gasteiger partial charge in [-0.15, -0.1) is 0 Å². The zero-order valence-electron chi connectivity index (χ0n) is 15.1. The molecule has 2 amide bonds. The first-order chi connectivity index (χ1) is 13.0. The van der Waals surface area contributed by atoms with E-state index in [1.54, 1.807) is 28.0 Å². The van der Waals surface area contributed by atoms with Crippen molar-refractivity contribution in [2.75, 3.05) is 26.7 Å². The number of likely N-dealkylation sites (tertiary alicyclic amines) is 2. The lowest BCUT2D eigenvalue weighted by molar-refractivity contribution is -0.138. The Balaban J connectivity index is 1.35. The molecule has 27 heavy (non-hydrogen) atoms. The molecule has 0 saturated carbocycles. The van der Waals surface area contributed by atoms with Crippen LogP contribution in [0.3, 0.4) is 0 Å². The predicted molar refractivity (Wildman–Crippen MR) is 93.8 cm³/mol. The summed E-state index contributed by atoms with van der Waals surface area (Å²) in [6, 6.07) is 6.20. The third kappa shape index (κ3) is 3.43. The zero-order valence-corrected chi connectivity index (χ0v) is 15.1. The molecule has 7 nitrogen and oxygen atoms in total. The Morgan fingerprint density at radius 1 is 1.33 bits per heavy atom. The van der Waals surface area contributed by atoms with E-state index in [1.165, 1.54) is 6.07 Å². The van der Waals surface area contributed by atoms with Crippen LogP contribution in [0.1, 0.15) is 18.7 Å². The highest BCUT2D eigenvalue weighted by atomic mass is 19.1. The molecule has 0 radical (unpaired) electrons. The quantitative estimate of drug-likeness (QED) is 0.817. The minimum Gasteiger partial charge on any atom is -0.345 e. The van der Waals surface area contributed by atoms with Crippen LogP contribution in [0.4, 0.5) is 4.39 Å². The fraction of sp³-hybridized carbons (Fsp3) is 0.474. The Kier molecular flexibility index (Phi) is 4.63. The monoisotopic (exact) mass is 372 g/mol. The first-order valence-corrected chi connectivity index (χ1v) is 9.13. The van der Waals surface area contributed by atoms with E-state index in [0.29, 0.717) is 25.4 Å². The van der Waals surface area contributed by atoms with Crippen LogP contribution in [-0.4, -0.2) is 58.4 Å². The summed E-state index contributed by atoms with van der Waals surface area (Å²) in [6.45, 7) is 1.87. The molecule has 2 aliphatic heterocycles. The van der Waals surface area contributed by atoms with Gasteiger partial charge in [-0.05, 0) is 24.5 Å². The van der Waals surface area contributed by atoms with Gasteiger partial charge in [-0.3, -0.25) is 9.59 Å². The third-order valence-corrected chi connectivity index (χ3v) is 5.46. The SMILES string of the molecule is CN1CC[C@@H]2CN(C(=O)CCc3nc(-c4ccccc4F)no3)C[C@@H]2C1=O. The van der Waals surface area contributed by atoms with Crippen LogP contribution in [0.5, 0.6) is 0 Å². The van der Waals surface area contributed by atoms with Gasteiger partial charge in [0.15, 0.2) is 0 Å². The molecule has 8 heteroatoms. The Morgan fingerprint density at radius 3 is 2.96 bits per heavy atom. The lowest BCUT2D eigenvalue weighted by Gasteiger charge is -2.30. The molecule has 1 aromatic carbocycles. The van der Waals surface area contributed by atoms with E-state index >= 15 is 0 Å². The van der Waals surface area contributed by atoms with Crippen molar-refractivity contribution in [1.29, 1.82) is 0 Å². The number of aromatic nitrogens is 2. The number of nitrogens with zero attached hydrogens (tertiary/aromatic N) is 4. The number of hydrogen-bond donors (Lipinski definition) is 0. The molecular formula is C19H21FN4O3. The van der Waals surface area contributed by atoms with Gasteiger partial charge in [0.1, 0.15) is 5.82 Å². The molecular weight excluding hydrogens is 351 g/mol. The molecule has 2 saturated heterocycles. The fourth-order valence-electron chi connectivity index (χ4n) is 3.88. The summed E-state index contributed by atoms with van der Waals surface area (Å²) in [5.74, 6) is 0.344. The van der Waals surface area contributed by atoms with Crippen molar-refractivity contribution in [3.8, 4) is 11.4 Å². The lowest BCUT2D eigenvalue weighted by atomic mass is 9.88. The van der Waals surface area contributed by atoms with Gasteiger partial charge >= 0.3 is 0 Å². The van der Waals surface area contributed by atoms with Crippen molar-refractivity contribution < 1.29 is 18.5 Å². The second-order valence-corrected chi connectivity index (χ2v) is 7.21. The Morgan fingerprint density at radius 2 is 2.15 bits per heavy atom. The molecule has 1 aromatic heterocycles. The van der Waals surface area contributed by atoms with Crippen LogP contribution < -0.4 is 0 Å². The molecule has 0 unspecified atom stereocenters. The number of benzene rings is 1. The fourth-order valence-corrected chi connectivity index (χ4v) is 3.88. The second kappa shape index (κ2) is 7.09. The van der Waals surface area contributed by atoms with Crippen LogP contribution in [0.25, 0.3) is 11.4 Å². The van der Waals surface area contributed by atoms with E-state index < -0.39 is 5.82 Å². The first kappa shape index (κ1) is 17.6. The highest BCUT2D eigenvalue weighted by molar-refractivity contribution is 5.83. The minimum atomic E-state index is -0.421. The van der Waals surface area contributed by atoms with Gasteiger partial charge < -0.3 is 14.3 Å². The largest absolute Gasteiger partial charge is 0.345 e. The molecule has 0 bridgehead atoms. The summed E-state index contributed by atoms with van der Waals surface area (Å²) in [7, 11) is 1.81. The summed E-state index contributed by atoms with van der Waals surface area (Å²) >= 11 is 0. The third-order valence-electron chi connectivity index (χ3n) is 5.46. The smallest absolute Gasteiger partial charge is 0.227 e. The van der Waals surface area contributed by atoms with Gasteiger partial charge in [0.2, 0.25) is 23.5 Å². The summed E-state index contributed by atoms with van der Waals surface area (Å²) in [5.41, 5.74) is 0.269. The molecule has 3 heterocycles. The van der Waals surface area contributed by atoms with E-state index in [4.69, 9.17) is 4.52 Å². The second-order valence-electron chi connectivity index (χ2n) is 7.21. The van der Waals surface area contributed by atoms with Crippen LogP contribution in [0.15, 0.2) is 28.8 Å². The summed E-state index contributed by atoms with van der Waals surface area (Å²) in [4.78, 5) is 32.5. The van der Waals surface area contributed by atoms with Crippen molar-refractivity contribution >= 4 is 11.8 Å². The van der Waals surface area contributed by atoms with E-state index in [-0.39, 0.29) is 41.5 Å². The molecule has 2 aliphatic rings. The van der Waals surface area contributed by atoms with E-state index in [1.807, 2.05) is 7.05 Å². The van der Waals surface area contributed by atoms with E-state index in [2.05, 4.69) is 10.1 Å². The average molecular weight is 372 g/mol. The first-order valence-electron chi connectivity index (χ1n) is 9.13. The van der Waals surface area contributed by atoms with Crippen LogP contribution in [-0.2, 0) is 16.0 Å². The highest BCUT2D eigenvalue weighted by Crippen LogP contribution is 2.32. The molecule has 0 N–H and O–H groups in total. The Labute approximate surface area is 156 Å². The normalized spacial score (nSPS) is 22.2. The minimum absolute atomic E-state index is 0.0227. The lowest BCUT2D eigenvalue weighted by Crippen LogP contribution is -2.42. The van der Waals surface area contributed by atoms with Crippen LogP contribution in [0.2, 0.25) is 0 Å². The molecule has 0 aliphatic carbocycles. The predicted octanol–water partition coefficient (Wildman–Crippen LogP) is 1.75. The number of halogens is 1. The van der Waals surface area contributed by atoms with Gasteiger partial charge in [0.05, 0.1) is 11.5 Å². The van der Waals surface area contributed by atoms with Crippen molar-refractivity contribution in [1.82, 2.24) is 19.9 Å². The summed E-state index contributed by atoms with van der Waals surface area (Å²) in [5, 5.41) is 3.80. The van der Waals surface area contributed by atoms with Gasteiger partial charge in [0, 0.05) is 39.5 Å². The maximum Gasteiger partial charge on any atom is 0.227 e. The average Bonchev–Trinajstić information content (AvgIpc) is 3.31. The molecule has 0 spiro atoms.